The van der Waals surface area contributed by atoms with E-state index in [0.717, 1.165) is 11.3 Å². The maximum atomic E-state index is 9.63. The van der Waals surface area contributed by atoms with Gasteiger partial charge in [-0.25, -0.2) is 0 Å². The summed E-state index contributed by atoms with van der Waals surface area (Å²) in [5.41, 5.74) is 1.13. The molecule has 0 unspecified atom stereocenters. The number of para-hydroxylation sites is 1. The Labute approximate surface area is 85.3 Å². The van der Waals surface area contributed by atoms with Crippen LogP contribution in [0.15, 0.2) is 30.3 Å². The molecule has 0 aliphatic carbocycles. The summed E-state index contributed by atoms with van der Waals surface area (Å²) in [6, 6.07) is 7.88. The van der Waals surface area contributed by atoms with Crippen molar-refractivity contribution in [2.45, 2.75) is 26.5 Å². The summed E-state index contributed by atoms with van der Waals surface area (Å²) in [6.45, 7) is 5.42. The molecule has 0 amide bonds. The molecule has 0 spiro atoms. The van der Waals surface area contributed by atoms with Gasteiger partial charge in [0, 0.05) is 5.69 Å². The highest BCUT2D eigenvalue weighted by molar-refractivity contribution is 5.66. The number of allylic oxidation sites excluding steroid dienone is 1. The van der Waals surface area contributed by atoms with Gasteiger partial charge in [0.2, 0.25) is 0 Å². The van der Waals surface area contributed by atoms with Crippen LogP contribution in [-0.4, -0.2) is 10.8 Å². The number of aliphatic hydroxyl groups is 1. The zero-order valence-electron chi connectivity index (χ0n) is 8.91. The summed E-state index contributed by atoms with van der Waals surface area (Å²) in [7, 11) is 0. The van der Waals surface area contributed by atoms with E-state index >= 15 is 0 Å². The first-order chi connectivity index (χ1) is 6.53. The Bertz CT molecular complexity index is 323. The fourth-order valence-electron chi connectivity index (χ4n) is 1.27. The van der Waals surface area contributed by atoms with Crippen molar-refractivity contribution in [3.63, 3.8) is 0 Å². The van der Waals surface area contributed by atoms with Crippen molar-refractivity contribution in [2.24, 2.45) is 0 Å². The molecule has 2 nitrogen and oxygen atoms in total. The Kier molecular flexibility index (Phi) is 3.31. The van der Waals surface area contributed by atoms with E-state index in [9.17, 15) is 5.11 Å². The van der Waals surface area contributed by atoms with Crippen molar-refractivity contribution >= 4 is 11.8 Å². The van der Waals surface area contributed by atoms with E-state index in [1.165, 1.54) is 0 Å². The number of hydrogen-bond donors (Lipinski definition) is 2. The molecule has 0 aromatic heterocycles. The zero-order valence-corrected chi connectivity index (χ0v) is 8.91. The number of hydrogen-bond acceptors (Lipinski definition) is 2. The predicted molar refractivity (Wildman–Crippen MR) is 61.1 cm³/mol. The van der Waals surface area contributed by atoms with Gasteiger partial charge in [-0.1, -0.05) is 30.4 Å². The molecule has 0 fully saturated rings. The monoisotopic (exact) mass is 191 g/mol. The molecule has 0 heterocycles. The first-order valence-corrected chi connectivity index (χ1v) is 4.75. The molecule has 0 saturated carbocycles. The van der Waals surface area contributed by atoms with Gasteiger partial charge < -0.3 is 10.4 Å². The SMILES string of the molecule is C/C=C/c1ccccc1NC(C)(C)O. The lowest BCUT2D eigenvalue weighted by atomic mass is 10.1. The van der Waals surface area contributed by atoms with Gasteiger partial charge in [0.25, 0.3) is 0 Å². The van der Waals surface area contributed by atoms with E-state index in [0.29, 0.717) is 0 Å². The largest absolute Gasteiger partial charge is 0.372 e. The van der Waals surface area contributed by atoms with Gasteiger partial charge in [-0.05, 0) is 32.4 Å². The van der Waals surface area contributed by atoms with Gasteiger partial charge in [-0.15, -0.1) is 0 Å². The highest BCUT2D eigenvalue weighted by Gasteiger charge is 2.12. The first-order valence-electron chi connectivity index (χ1n) is 4.75. The number of anilines is 1. The van der Waals surface area contributed by atoms with Crippen LogP contribution in [0.5, 0.6) is 0 Å². The van der Waals surface area contributed by atoms with Gasteiger partial charge in [0.15, 0.2) is 0 Å². The lowest BCUT2D eigenvalue weighted by Gasteiger charge is -2.22. The van der Waals surface area contributed by atoms with Crippen LogP contribution in [0.4, 0.5) is 5.69 Å². The van der Waals surface area contributed by atoms with Crippen molar-refractivity contribution in [2.75, 3.05) is 5.32 Å². The van der Waals surface area contributed by atoms with Crippen LogP contribution in [0.2, 0.25) is 0 Å². The average molecular weight is 191 g/mol. The molecule has 0 aliphatic rings. The molecular weight excluding hydrogens is 174 g/mol. The van der Waals surface area contributed by atoms with Crippen molar-refractivity contribution in [3.8, 4) is 0 Å². The van der Waals surface area contributed by atoms with Crippen LogP contribution in [-0.2, 0) is 0 Å². The van der Waals surface area contributed by atoms with Crippen LogP contribution < -0.4 is 5.32 Å². The first kappa shape index (κ1) is 10.8. The highest BCUT2D eigenvalue weighted by atomic mass is 16.3. The van der Waals surface area contributed by atoms with Crippen LogP contribution >= 0.6 is 0 Å². The lowest BCUT2D eigenvalue weighted by molar-refractivity contribution is 0.111. The smallest absolute Gasteiger partial charge is 0.129 e. The standard InChI is InChI=1S/C12H17NO/c1-4-7-10-8-5-6-9-11(10)13-12(2,3)14/h4-9,13-14H,1-3H3/b7-4+. The minimum absolute atomic E-state index is 0.891. The summed E-state index contributed by atoms with van der Waals surface area (Å²) in [4.78, 5) is 0. The van der Waals surface area contributed by atoms with Crippen molar-refractivity contribution in [3.05, 3.63) is 35.9 Å². The lowest BCUT2D eigenvalue weighted by Crippen LogP contribution is -2.30. The molecule has 1 aromatic rings. The average Bonchev–Trinajstić information content (AvgIpc) is 2.06. The van der Waals surface area contributed by atoms with Gasteiger partial charge in [-0.3, -0.25) is 0 Å². The number of nitrogens with one attached hydrogen (secondary N) is 1. The molecule has 1 rings (SSSR count). The Hall–Kier alpha value is -1.28. The molecule has 1 aromatic carbocycles. The summed E-state index contributed by atoms with van der Waals surface area (Å²) < 4.78 is 0. The molecule has 0 bridgehead atoms. The fraction of sp³-hybridized carbons (Fsp3) is 0.333. The zero-order chi connectivity index (χ0) is 10.6. The second-order valence-electron chi connectivity index (χ2n) is 3.77. The number of benzene rings is 1. The molecule has 0 atom stereocenters. The van der Waals surface area contributed by atoms with Crippen molar-refractivity contribution < 1.29 is 5.11 Å². The van der Waals surface area contributed by atoms with Crippen LogP contribution in [0, 0.1) is 0 Å². The summed E-state index contributed by atoms with van der Waals surface area (Å²) >= 11 is 0. The summed E-state index contributed by atoms with van der Waals surface area (Å²) in [5.74, 6) is 0. The van der Waals surface area contributed by atoms with E-state index in [1.54, 1.807) is 13.8 Å². The quantitative estimate of drug-likeness (QED) is 0.720. The normalized spacial score (nSPS) is 12.0. The molecule has 2 N–H and O–H groups in total. The minimum Gasteiger partial charge on any atom is -0.372 e. The van der Waals surface area contributed by atoms with Crippen LogP contribution in [0.3, 0.4) is 0 Å². The summed E-state index contributed by atoms with van der Waals surface area (Å²) in [5, 5.41) is 12.7. The molecule has 0 saturated heterocycles. The van der Waals surface area contributed by atoms with Crippen LogP contribution in [0.25, 0.3) is 6.08 Å². The molecular formula is C12H17NO. The molecule has 0 aliphatic heterocycles. The molecule has 14 heavy (non-hydrogen) atoms. The Morgan fingerprint density at radius 1 is 1.29 bits per heavy atom. The van der Waals surface area contributed by atoms with E-state index in [4.69, 9.17) is 0 Å². The van der Waals surface area contributed by atoms with E-state index in [-0.39, 0.29) is 0 Å². The molecule has 0 radical (unpaired) electrons. The highest BCUT2D eigenvalue weighted by Crippen LogP contribution is 2.19. The second kappa shape index (κ2) is 4.29. The van der Waals surface area contributed by atoms with Gasteiger partial charge in [0.05, 0.1) is 0 Å². The van der Waals surface area contributed by atoms with E-state index in [1.807, 2.05) is 43.3 Å². The van der Waals surface area contributed by atoms with Crippen molar-refractivity contribution in [1.82, 2.24) is 0 Å². The van der Waals surface area contributed by atoms with Crippen molar-refractivity contribution in [1.29, 1.82) is 0 Å². The third kappa shape index (κ3) is 3.23. The van der Waals surface area contributed by atoms with Gasteiger partial charge >= 0.3 is 0 Å². The topological polar surface area (TPSA) is 32.3 Å². The Balaban J connectivity index is 2.96. The maximum Gasteiger partial charge on any atom is 0.129 e. The number of rotatable bonds is 3. The predicted octanol–water partition coefficient (Wildman–Crippen LogP) is 2.86. The summed E-state index contributed by atoms with van der Waals surface area (Å²) in [6.07, 6.45) is 3.99. The second-order valence-corrected chi connectivity index (χ2v) is 3.77. The van der Waals surface area contributed by atoms with E-state index in [2.05, 4.69) is 5.32 Å². The van der Waals surface area contributed by atoms with E-state index < -0.39 is 5.72 Å². The third-order valence-electron chi connectivity index (χ3n) is 1.75. The fourth-order valence-corrected chi connectivity index (χ4v) is 1.27. The Morgan fingerprint density at radius 3 is 2.50 bits per heavy atom. The molecule has 2 heteroatoms. The van der Waals surface area contributed by atoms with Gasteiger partial charge in [0.1, 0.15) is 5.72 Å². The maximum absolute atomic E-state index is 9.63. The Morgan fingerprint density at radius 2 is 1.93 bits per heavy atom. The minimum atomic E-state index is -0.891. The van der Waals surface area contributed by atoms with Gasteiger partial charge in [-0.2, -0.15) is 0 Å². The third-order valence-corrected chi connectivity index (χ3v) is 1.75. The molecule has 76 valence electrons. The van der Waals surface area contributed by atoms with Crippen LogP contribution in [0.1, 0.15) is 26.3 Å².